The second-order valence-electron chi connectivity index (χ2n) is 8.75. The van der Waals surface area contributed by atoms with Crippen molar-refractivity contribution in [3.8, 4) is 0 Å². The highest BCUT2D eigenvalue weighted by molar-refractivity contribution is 6.30. The molecule has 3 rings (SSSR count). The zero-order valence-corrected chi connectivity index (χ0v) is 20.1. The molecule has 4 atom stereocenters. The number of allylic oxidation sites excluding steroid dienone is 1. The molecule has 0 radical (unpaired) electrons. The Bertz CT molecular complexity index is 914. The van der Waals surface area contributed by atoms with Gasteiger partial charge in [-0.15, -0.1) is 6.58 Å². The number of likely N-dealkylation sites (tertiary alicyclic amines) is 1. The summed E-state index contributed by atoms with van der Waals surface area (Å²) in [6.45, 7) is 8.89. The van der Waals surface area contributed by atoms with Gasteiger partial charge in [-0.25, -0.2) is 0 Å². The predicted molar refractivity (Wildman–Crippen MR) is 131 cm³/mol. The van der Waals surface area contributed by atoms with Gasteiger partial charge >= 0.3 is 0 Å². The molecule has 1 fully saturated rings. The molecule has 0 bridgehead atoms. The number of hydrogen-bond donors (Lipinski definition) is 1. The fraction of sp³-hybridized carbons (Fsp3) is 0.423. The van der Waals surface area contributed by atoms with E-state index in [4.69, 9.17) is 23.2 Å². The molecule has 1 N–H and O–H groups in total. The van der Waals surface area contributed by atoms with Crippen molar-refractivity contribution in [1.82, 2.24) is 10.2 Å². The maximum Gasteiger partial charge on any atom is 0.229 e. The monoisotopic (exact) mass is 458 g/mol. The van der Waals surface area contributed by atoms with Gasteiger partial charge in [-0.3, -0.25) is 4.79 Å². The van der Waals surface area contributed by atoms with Crippen LogP contribution in [-0.2, 0) is 4.79 Å². The van der Waals surface area contributed by atoms with Gasteiger partial charge in [0.25, 0.3) is 0 Å². The van der Waals surface area contributed by atoms with Crippen LogP contribution in [-0.4, -0.2) is 30.4 Å². The standard InChI is InChI=1S/C26H32Cl2N2O/c1-5-14-26(3)16-23(19-8-7-9-21(28)15-19)24(18-10-12-20(27)13-11-18)30(25(26)31)22(6-2)17-29-4/h5,7-13,15,22-24,29H,1,6,14,16-17H2,2-4H3/t22?,23-,24?,26+/m1/s1. The van der Waals surface area contributed by atoms with Crippen molar-refractivity contribution in [3.63, 3.8) is 0 Å². The number of amides is 1. The zero-order valence-electron chi connectivity index (χ0n) is 18.6. The topological polar surface area (TPSA) is 32.3 Å². The first-order valence-corrected chi connectivity index (χ1v) is 11.7. The summed E-state index contributed by atoms with van der Waals surface area (Å²) in [7, 11) is 1.94. The Morgan fingerprint density at radius 2 is 1.90 bits per heavy atom. The summed E-state index contributed by atoms with van der Waals surface area (Å²) in [5, 5.41) is 4.69. The van der Waals surface area contributed by atoms with Crippen LogP contribution in [0.5, 0.6) is 0 Å². The molecule has 166 valence electrons. The summed E-state index contributed by atoms with van der Waals surface area (Å²) < 4.78 is 0. The molecule has 31 heavy (non-hydrogen) atoms. The summed E-state index contributed by atoms with van der Waals surface area (Å²) in [4.78, 5) is 16.1. The first kappa shape index (κ1) is 23.8. The van der Waals surface area contributed by atoms with Crippen molar-refractivity contribution in [2.75, 3.05) is 13.6 Å². The molecule has 1 amide bonds. The number of likely N-dealkylation sites (N-methyl/N-ethyl adjacent to an activating group) is 1. The van der Waals surface area contributed by atoms with E-state index in [0.29, 0.717) is 16.5 Å². The summed E-state index contributed by atoms with van der Waals surface area (Å²) >= 11 is 12.6. The van der Waals surface area contributed by atoms with E-state index in [2.05, 4.69) is 36.7 Å². The van der Waals surface area contributed by atoms with E-state index in [1.165, 1.54) is 0 Å². The maximum atomic E-state index is 14.0. The third kappa shape index (κ3) is 5.00. The van der Waals surface area contributed by atoms with E-state index in [-0.39, 0.29) is 23.9 Å². The Hall–Kier alpha value is -1.81. The minimum Gasteiger partial charge on any atom is -0.330 e. The van der Waals surface area contributed by atoms with E-state index in [9.17, 15) is 4.79 Å². The van der Waals surface area contributed by atoms with Crippen molar-refractivity contribution in [2.45, 2.75) is 51.1 Å². The minimum atomic E-state index is -0.515. The number of carbonyl (C=O) groups is 1. The normalized spacial score (nSPS) is 24.8. The quantitative estimate of drug-likeness (QED) is 0.450. The highest BCUT2D eigenvalue weighted by Crippen LogP contribution is 2.52. The molecule has 2 aromatic carbocycles. The van der Waals surface area contributed by atoms with Gasteiger partial charge in [-0.05, 0) is 61.7 Å². The lowest BCUT2D eigenvalue weighted by Crippen LogP contribution is -2.57. The van der Waals surface area contributed by atoms with Crippen LogP contribution in [0.3, 0.4) is 0 Å². The smallest absolute Gasteiger partial charge is 0.229 e. The molecule has 0 aliphatic carbocycles. The number of benzene rings is 2. The highest BCUT2D eigenvalue weighted by atomic mass is 35.5. The van der Waals surface area contributed by atoms with Gasteiger partial charge in [-0.2, -0.15) is 0 Å². The lowest BCUT2D eigenvalue weighted by atomic mass is 9.67. The molecule has 0 spiro atoms. The predicted octanol–water partition coefficient (Wildman–Crippen LogP) is 6.63. The second-order valence-corrected chi connectivity index (χ2v) is 9.62. The molecule has 2 unspecified atom stereocenters. The largest absolute Gasteiger partial charge is 0.330 e. The van der Waals surface area contributed by atoms with Gasteiger partial charge in [0, 0.05) is 28.5 Å². The van der Waals surface area contributed by atoms with Crippen molar-refractivity contribution in [2.24, 2.45) is 5.41 Å². The maximum absolute atomic E-state index is 14.0. The van der Waals surface area contributed by atoms with Crippen LogP contribution in [0.25, 0.3) is 0 Å². The van der Waals surface area contributed by atoms with Crippen molar-refractivity contribution >= 4 is 29.1 Å². The van der Waals surface area contributed by atoms with Crippen LogP contribution in [0.1, 0.15) is 56.2 Å². The highest BCUT2D eigenvalue weighted by Gasteiger charge is 2.50. The number of rotatable bonds is 8. The molecule has 1 aliphatic rings. The third-order valence-electron chi connectivity index (χ3n) is 6.49. The van der Waals surface area contributed by atoms with E-state index in [1.807, 2.05) is 55.6 Å². The second kappa shape index (κ2) is 10.2. The summed E-state index contributed by atoms with van der Waals surface area (Å²) in [5.41, 5.74) is 1.73. The molecule has 1 saturated heterocycles. The van der Waals surface area contributed by atoms with Gasteiger partial charge in [0.15, 0.2) is 0 Å². The van der Waals surface area contributed by atoms with Crippen LogP contribution < -0.4 is 5.32 Å². The number of nitrogens with one attached hydrogen (secondary N) is 1. The number of halogens is 2. The molecule has 2 aromatic rings. The molecule has 1 aliphatic heterocycles. The Morgan fingerprint density at radius 3 is 2.48 bits per heavy atom. The minimum absolute atomic E-state index is 0.0734. The van der Waals surface area contributed by atoms with Crippen molar-refractivity contribution in [1.29, 1.82) is 0 Å². The van der Waals surface area contributed by atoms with Crippen LogP contribution in [0.15, 0.2) is 61.2 Å². The van der Waals surface area contributed by atoms with E-state index < -0.39 is 5.41 Å². The number of carbonyl (C=O) groups excluding carboxylic acids is 1. The molecule has 5 heteroatoms. The third-order valence-corrected chi connectivity index (χ3v) is 6.98. The van der Waals surface area contributed by atoms with Gasteiger partial charge in [0.1, 0.15) is 0 Å². The van der Waals surface area contributed by atoms with Crippen LogP contribution in [0.2, 0.25) is 10.0 Å². The van der Waals surface area contributed by atoms with Gasteiger partial charge in [0.05, 0.1) is 11.5 Å². The SMILES string of the molecule is C=CC[C@@]1(C)C[C@H](c2cccc(Cl)c2)C(c2ccc(Cl)cc2)N(C(CC)CNC)C1=O. The zero-order chi connectivity index (χ0) is 22.6. The fourth-order valence-electron chi connectivity index (χ4n) is 4.96. The summed E-state index contributed by atoms with van der Waals surface area (Å²) in [5.74, 6) is 0.293. The Morgan fingerprint density at radius 1 is 1.19 bits per heavy atom. The Kier molecular flexibility index (Phi) is 7.85. The van der Waals surface area contributed by atoms with E-state index >= 15 is 0 Å². The van der Waals surface area contributed by atoms with Crippen LogP contribution in [0, 0.1) is 5.41 Å². The van der Waals surface area contributed by atoms with Crippen LogP contribution in [0.4, 0.5) is 0 Å². The average Bonchev–Trinajstić information content (AvgIpc) is 2.75. The first-order chi connectivity index (χ1) is 14.8. The summed E-state index contributed by atoms with van der Waals surface area (Å²) in [6.07, 6.45) is 4.11. The fourth-order valence-corrected chi connectivity index (χ4v) is 5.29. The number of hydrogen-bond acceptors (Lipinski definition) is 2. The first-order valence-electron chi connectivity index (χ1n) is 10.9. The van der Waals surface area contributed by atoms with Gasteiger partial charge in [-0.1, -0.05) is 67.4 Å². The molecular weight excluding hydrogens is 427 g/mol. The van der Waals surface area contributed by atoms with Gasteiger partial charge < -0.3 is 10.2 Å². The van der Waals surface area contributed by atoms with Gasteiger partial charge in [0.2, 0.25) is 5.91 Å². The lowest BCUT2D eigenvalue weighted by Gasteiger charge is -2.52. The lowest BCUT2D eigenvalue weighted by molar-refractivity contribution is -0.154. The van der Waals surface area contributed by atoms with Crippen LogP contribution >= 0.6 is 23.2 Å². The molecule has 3 nitrogen and oxygen atoms in total. The Balaban J connectivity index is 2.21. The van der Waals surface area contributed by atoms with Crippen molar-refractivity contribution in [3.05, 3.63) is 82.4 Å². The Labute approximate surface area is 196 Å². The molecule has 0 aromatic heterocycles. The number of piperidine rings is 1. The van der Waals surface area contributed by atoms with E-state index in [0.717, 1.165) is 30.5 Å². The average molecular weight is 459 g/mol. The molecule has 0 saturated carbocycles. The van der Waals surface area contributed by atoms with E-state index in [1.54, 1.807) is 0 Å². The van der Waals surface area contributed by atoms with Crippen molar-refractivity contribution < 1.29 is 4.79 Å². The molecular formula is C26H32Cl2N2O. The summed E-state index contributed by atoms with van der Waals surface area (Å²) in [6, 6.07) is 15.9. The number of nitrogens with zero attached hydrogens (tertiary/aromatic N) is 1. The molecule has 1 heterocycles.